The van der Waals surface area contributed by atoms with Gasteiger partial charge in [-0.15, -0.1) is 0 Å². The van der Waals surface area contributed by atoms with E-state index in [4.69, 9.17) is 4.74 Å². The van der Waals surface area contributed by atoms with Crippen molar-refractivity contribution in [1.29, 1.82) is 0 Å². The minimum absolute atomic E-state index is 0.0838. The lowest BCUT2D eigenvalue weighted by Gasteiger charge is -2.08. The third kappa shape index (κ3) is 13.9. The second-order valence-corrected chi connectivity index (χ2v) is 8.66. The van der Waals surface area contributed by atoms with Gasteiger partial charge in [0.15, 0.2) is 11.5 Å². The molecule has 1 amide bonds. The van der Waals surface area contributed by atoms with Crippen LogP contribution in [0.15, 0.2) is 29.8 Å². The van der Waals surface area contributed by atoms with Gasteiger partial charge in [0.25, 0.3) is 0 Å². The Hall–Kier alpha value is -1.97. The summed E-state index contributed by atoms with van der Waals surface area (Å²) in [6.45, 7) is 4.99. The molecule has 0 aliphatic carbocycles. The summed E-state index contributed by atoms with van der Waals surface area (Å²) in [5.74, 6) is 0.626. The topological polar surface area (TPSA) is 58.6 Å². The largest absolute Gasteiger partial charge is 0.504 e. The first-order chi connectivity index (χ1) is 15.1. The molecule has 4 nitrogen and oxygen atoms in total. The first-order valence-electron chi connectivity index (χ1n) is 12.3. The van der Waals surface area contributed by atoms with Gasteiger partial charge in [0, 0.05) is 13.0 Å². The van der Waals surface area contributed by atoms with Gasteiger partial charge in [-0.25, -0.2) is 0 Å². The zero-order valence-corrected chi connectivity index (χ0v) is 20.2. The van der Waals surface area contributed by atoms with Crippen LogP contribution in [0.5, 0.6) is 11.5 Å². The normalized spacial score (nSPS) is 11.5. The van der Waals surface area contributed by atoms with Gasteiger partial charge in [-0.05, 0) is 56.7 Å². The number of hydrogen-bond acceptors (Lipinski definition) is 3. The summed E-state index contributed by atoms with van der Waals surface area (Å²) in [7, 11) is 1.52. The number of carbonyl (C=O) groups is 1. The van der Waals surface area contributed by atoms with Crippen LogP contribution in [0, 0.1) is 0 Å². The zero-order chi connectivity index (χ0) is 22.7. The van der Waals surface area contributed by atoms with Gasteiger partial charge in [-0.3, -0.25) is 4.79 Å². The summed E-state index contributed by atoms with van der Waals surface area (Å²) in [5, 5.41) is 12.6. The third-order valence-electron chi connectivity index (χ3n) is 5.76. The van der Waals surface area contributed by atoms with Gasteiger partial charge in [0.05, 0.1) is 7.11 Å². The fraction of sp³-hybridized carbons (Fsp3) is 0.667. The molecule has 0 aromatic heterocycles. The van der Waals surface area contributed by atoms with E-state index in [0.29, 0.717) is 18.7 Å². The van der Waals surface area contributed by atoms with Crippen molar-refractivity contribution in [3.8, 4) is 11.5 Å². The van der Waals surface area contributed by atoms with E-state index in [1.54, 1.807) is 23.8 Å². The number of nitrogens with one attached hydrogen (secondary N) is 1. The number of methoxy groups -OCH3 is 1. The van der Waals surface area contributed by atoms with Gasteiger partial charge in [0.1, 0.15) is 0 Å². The third-order valence-corrected chi connectivity index (χ3v) is 5.76. The molecular weight excluding hydrogens is 386 g/mol. The Labute approximate surface area is 190 Å². The lowest BCUT2D eigenvalue weighted by atomic mass is 10.0. The average Bonchev–Trinajstić information content (AvgIpc) is 2.77. The smallest absolute Gasteiger partial charge is 0.220 e. The SMILES string of the molecule is CCCCCCCC/C=C(/C)CCCCCCCC(=O)NCc1ccc(O)c(OC)c1. The molecule has 0 unspecified atom stereocenters. The highest BCUT2D eigenvalue weighted by Crippen LogP contribution is 2.26. The standard InChI is InChI=1S/C27H45NO3/c1-4-5-6-7-8-10-13-16-23(2)17-14-11-9-12-15-18-27(30)28-22-24-19-20-25(29)26(21-24)31-3/h16,19-21,29H,4-15,17-18,22H2,1-3H3,(H,28,30)/b23-16-. The molecule has 1 aromatic carbocycles. The minimum atomic E-state index is 0.0838. The second kappa shape index (κ2) is 17.7. The number of phenols is 1. The summed E-state index contributed by atoms with van der Waals surface area (Å²) < 4.78 is 5.09. The van der Waals surface area contributed by atoms with Crippen molar-refractivity contribution in [3.63, 3.8) is 0 Å². The van der Waals surface area contributed by atoms with Crippen molar-refractivity contribution in [1.82, 2.24) is 5.32 Å². The van der Waals surface area contributed by atoms with Crippen molar-refractivity contribution in [3.05, 3.63) is 35.4 Å². The molecule has 0 bridgehead atoms. The number of phenolic OH excluding ortho intramolecular Hbond substituents is 1. The van der Waals surface area contributed by atoms with Crippen molar-refractivity contribution in [2.75, 3.05) is 7.11 Å². The number of carbonyl (C=O) groups excluding carboxylic acids is 1. The van der Waals surface area contributed by atoms with Crippen LogP contribution >= 0.6 is 0 Å². The first kappa shape index (κ1) is 27.1. The van der Waals surface area contributed by atoms with Gasteiger partial charge < -0.3 is 15.2 Å². The Morgan fingerprint density at radius 2 is 1.61 bits per heavy atom. The summed E-state index contributed by atoms with van der Waals surface area (Å²) in [4.78, 5) is 12.0. The van der Waals surface area contributed by atoms with Crippen molar-refractivity contribution in [2.24, 2.45) is 0 Å². The van der Waals surface area contributed by atoms with E-state index in [2.05, 4.69) is 25.2 Å². The maximum Gasteiger partial charge on any atom is 0.220 e. The number of hydrogen-bond donors (Lipinski definition) is 2. The number of ether oxygens (including phenoxy) is 1. The molecule has 0 fully saturated rings. The molecule has 31 heavy (non-hydrogen) atoms. The molecule has 0 heterocycles. The molecule has 0 spiro atoms. The van der Waals surface area contributed by atoms with E-state index in [1.807, 2.05) is 0 Å². The molecule has 0 aliphatic heterocycles. The summed E-state index contributed by atoms with van der Waals surface area (Å²) >= 11 is 0. The number of benzene rings is 1. The predicted molar refractivity (Wildman–Crippen MR) is 131 cm³/mol. The number of amides is 1. The number of rotatable bonds is 18. The Kier molecular flexibility index (Phi) is 15.4. The monoisotopic (exact) mass is 431 g/mol. The Morgan fingerprint density at radius 3 is 2.32 bits per heavy atom. The van der Waals surface area contributed by atoms with E-state index in [-0.39, 0.29) is 11.7 Å². The molecule has 1 rings (SSSR count). The van der Waals surface area contributed by atoms with Gasteiger partial charge in [-0.1, -0.05) is 76.0 Å². The maximum atomic E-state index is 12.0. The van der Waals surface area contributed by atoms with Crippen LogP contribution in [0.4, 0.5) is 0 Å². The highest BCUT2D eigenvalue weighted by molar-refractivity contribution is 5.75. The molecule has 2 N–H and O–H groups in total. The van der Waals surface area contributed by atoms with E-state index < -0.39 is 0 Å². The van der Waals surface area contributed by atoms with Crippen LogP contribution in [0.3, 0.4) is 0 Å². The van der Waals surface area contributed by atoms with Crippen LogP contribution in [0.25, 0.3) is 0 Å². The highest BCUT2D eigenvalue weighted by atomic mass is 16.5. The van der Waals surface area contributed by atoms with E-state index in [1.165, 1.54) is 77.7 Å². The molecule has 4 heteroatoms. The Morgan fingerprint density at radius 1 is 0.968 bits per heavy atom. The quantitative estimate of drug-likeness (QED) is 0.187. The van der Waals surface area contributed by atoms with Crippen LogP contribution < -0.4 is 10.1 Å². The fourth-order valence-corrected chi connectivity index (χ4v) is 3.72. The fourth-order valence-electron chi connectivity index (χ4n) is 3.72. The van der Waals surface area contributed by atoms with Crippen LogP contribution in [0.2, 0.25) is 0 Å². The highest BCUT2D eigenvalue weighted by Gasteiger charge is 2.05. The van der Waals surface area contributed by atoms with Gasteiger partial charge in [-0.2, -0.15) is 0 Å². The van der Waals surface area contributed by atoms with Crippen molar-refractivity contribution in [2.45, 2.75) is 110 Å². The van der Waals surface area contributed by atoms with Gasteiger partial charge >= 0.3 is 0 Å². The summed E-state index contributed by atoms with van der Waals surface area (Å²) in [5.41, 5.74) is 2.46. The van der Waals surface area contributed by atoms with Crippen LogP contribution in [0.1, 0.15) is 109 Å². The summed E-state index contributed by atoms with van der Waals surface area (Å²) in [6.07, 6.45) is 19.4. The number of allylic oxidation sites excluding steroid dienone is 2. The molecule has 0 atom stereocenters. The Bertz CT molecular complexity index is 639. The predicted octanol–water partition coefficient (Wildman–Crippen LogP) is 7.44. The number of aromatic hydroxyl groups is 1. The van der Waals surface area contributed by atoms with E-state index in [0.717, 1.165) is 18.4 Å². The molecular formula is C27H45NO3. The van der Waals surface area contributed by atoms with E-state index >= 15 is 0 Å². The molecule has 0 aliphatic rings. The molecule has 0 saturated heterocycles. The average molecular weight is 432 g/mol. The second-order valence-electron chi connectivity index (χ2n) is 8.66. The lowest BCUT2D eigenvalue weighted by Crippen LogP contribution is -2.22. The zero-order valence-electron chi connectivity index (χ0n) is 20.2. The molecule has 0 radical (unpaired) electrons. The van der Waals surface area contributed by atoms with Crippen LogP contribution in [-0.2, 0) is 11.3 Å². The molecule has 1 aromatic rings. The minimum Gasteiger partial charge on any atom is -0.504 e. The number of unbranched alkanes of at least 4 members (excludes halogenated alkanes) is 10. The lowest BCUT2D eigenvalue weighted by molar-refractivity contribution is -0.121. The van der Waals surface area contributed by atoms with Gasteiger partial charge in [0.2, 0.25) is 5.91 Å². The molecule has 176 valence electrons. The molecule has 0 saturated carbocycles. The van der Waals surface area contributed by atoms with E-state index in [9.17, 15) is 9.90 Å². The first-order valence-corrected chi connectivity index (χ1v) is 12.3. The maximum absolute atomic E-state index is 12.0. The van der Waals surface area contributed by atoms with Crippen LogP contribution in [-0.4, -0.2) is 18.1 Å². The van der Waals surface area contributed by atoms with Crippen molar-refractivity contribution < 1.29 is 14.6 Å². The van der Waals surface area contributed by atoms with Crippen molar-refractivity contribution >= 4 is 5.91 Å². The Balaban J connectivity index is 1.99. The summed E-state index contributed by atoms with van der Waals surface area (Å²) in [6, 6.07) is 5.13.